The summed E-state index contributed by atoms with van der Waals surface area (Å²) in [4.78, 5) is 4.55. The molecule has 1 aromatic carbocycles. The summed E-state index contributed by atoms with van der Waals surface area (Å²) in [6.45, 7) is 0.832. The third-order valence-corrected chi connectivity index (χ3v) is 4.85. The van der Waals surface area contributed by atoms with E-state index in [1.165, 1.54) is 6.07 Å². The van der Waals surface area contributed by atoms with Gasteiger partial charge in [-0.25, -0.2) is 9.37 Å². The Hall–Kier alpha value is -1.60. The van der Waals surface area contributed by atoms with Crippen LogP contribution in [0.3, 0.4) is 0 Å². The minimum Gasteiger partial charge on any atom is -0.387 e. The van der Waals surface area contributed by atoms with Crippen LogP contribution in [0.2, 0.25) is 0 Å². The van der Waals surface area contributed by atoms with Crippen molar-refractivity contribution >= 4 is 22.7 Å². The summed E-state index contributed by atoms with van der Waals surface area (Å²) in [7, 11) is 0. The van der Waals surface area contributed by atoms with E-state index in [0.717, 1.165) is 16.3 Å². The molecule has 0 fully saturated rings. The van der Waals surface area contributed by atoms with Gasteiger partial charge in [0.25, 0.3) is 0 Å². The Morgan fingerprint density at radius 3 is 2.86 bits per heavy atom. The van der Waals surface area contributed by atoms with Crippen molar-refractivity contribution in [3.63, 3.8) is 0 Å². The first kappa shape index (κ1) is 15.3. The highest BCUT2D eigenvalue weighted by Crippen LogP contribution is 2.25. The second-order valence-corrected chi connectivity index (χ2v) is 6.46. The van der Waals surface area contributed by atoms with Crippen LogP contribution in [-0.2, 0) is 6.54 Å². The van der Waals surface area contributed by atoms with Crippen molar-refractivity contribution in [3.8, 4) is 10.6 Å². The van der Waals surface area contributed by atoms with E-state index in [4.69, 9.17) is 0 Å². The topological polar surface area (TPSA) is 45.1 Å². The maximum Gasteiger partial charge on any atom is 0.129 e. The molecule has 0 saturated heterocycles. The molecule has 0 radical (unpaired) electrons. The fourth-order valence-electron chi connectivity index (χ4n) is 2.10. The number of hydrogen-bond donors (Lipinski definition) is 2. The third kappa shape index (κ3) is 3.59. The molecular weight excluding hydrogens is 319 g/mol. The van der Waals surface area contributed by atoms with E-state index in [1.807, 2.05) is 16.8 Å². The maximum absolute atomic E-state index is 13.6. The van der Waals surface area contributed by atoms with Crippen LogP contribution in [0.25, 0.3) is 10.6 Å². The van der Waals surface area contributed by atoms with Crippen LogP contribution in [0.4, 0.5) is 4.39 Å². The fraction of sp³-hybridized carbons (Fsp3) is 0.188. The molecule has 6 heteroatoms. The number of hydrogen-bond acceptors (Lipinski definition) is 5. The van der Waals surface area contributed by atoms with Gasteiger partial charge in [-0.15, -0.1) is 11.3 Å². The summed E-state index contributed by atoms with van der Waals surface area (Å²) in [5.41, 5.74) is 2.37. The molecule has 3 nitrogen and oxygen atoms in total. The predicted molar refractivity (Wildman–Crippen MR) is 88.5 cm³/mol. The quantitative estimate of drug-likeness (QED) is 0.720. The number of halogens is 1. The van der Waals surface area contributed by atoms with E-state index >= 15 is 0 Å². The van der Waals surface area contributed by atoms with Gasteiger partial charge < -0.3 is 10.4 Å². The van der Waals surface area contributed by atoms with Crippen LogP contribution in [0.5, 0.6) is 0 Å². The molecule has 114 valence electrons. The Labute approximate surface area is 136 Å². The summed E-state index contributed by atoms with van der Waals surface area (Å²) < 4.78 is 13.6. The van der Waals surface area contributed by atoms with Gasteiger partial charge in [-0.05, 0) is 17.5 Å². The Morgan fingerprint density at radius 1 is 1.23 bits per heavy atom. The summed E-state index contributed by atoms with van der Waals surface area (Å²) >= 11 is 3.24. The second-order valence-electron chi connectivity index (χ2n) is 4.82. The first-order valence-corrected chi connectivity index (χ1v) is 8.66. The number of aliphatic hydroxyl groups is 1. The van der Waals surface area contributed by atoms with E-state index in [2.05, 4.69) is 15.7 Å². The van der Waals surface area contributed by atoms with E-state index < -0.39 is 6.10 Å². The van der Waals surface area contributed by atoms with Crippen LogP contribution < -0.4 is 5.32 Å². The van der Waals surface area contributed by atoms with Gasteiger partial charge in [0.15, 0.2) is 0 Å². The Morgan fingerprint density at radius 2 is 2.09 bits per heavy atom. The molecule has 3 aromatic rings. The van der Waals surface area contributed by atoms with Gasteiger partial charge in [0.1, 0.15) is 10.8 Å². The summed E-state index contributed by atoms with van der Waals surface area (Å²) in [5.74, 6) is -0.384. The molecule has 0 unspecified atom stereocenters. The number of nitrogens with one attached hydrogen (secondary N) is 1. The summed E-state index contributed by atoms with van der Waals surface area (Å²) in [5, 5.41) is 20.2. The number of aromatic nitrogens is 1. The molecule has 0 spiro atoms. The molecule has 3 rings (SSSR count). The van der Waals surface area contributed by atoms with Gasteiger partial charge in [-0.2, -0.15) is 11.3 Å². The standard InChI is InChI=1S/C16H15FN2OS2/c17-14-4-2-1-3-13(14)15(20)8-18-7-12-10-22-16(19-12)11-5-6-21-9-11/h1-6,9-10,15,18,20H,7-8H2/t15-/m0/s1. The highest BCUT2D eigenvalue weighted by molar-refractivity contribution is 7.14. The largest absolute Gasteiger partial charge is 0.387 e. The van der Waals surface area contributed by atoms with Gasteiger partial charge in [-0.3, -0.25) is 0 Å². The summed E-state index contributed by atoms with van der Waals surface area (Å²) in [6.07, 6.45) is -0.865. The van der Waals surface area contributed by atoms with Crippen molar-refractivity contribution < 1.29 is 9.50 Å². The van der Waals surface area contributed by atoms with E-state index in [0.29, 0.717) is 12.1 Å². The average Bonchev–Trinajstić information content (AvgIpc) is 3.18. The van der Waals surface area contributed by atoms with Gasteiger partial charge in [0.2, 0.25) is 0 Å². The van der Waals surface area contributed by atoms with Crippen LogP contribution in [0.15, 0.2) is 46.5 Å². The first-order chi connectivity index (χ1) is 10.7. The fourth-order valence-corrected chi connectivity index (χ4v) is 3.63. The maximum atomic E-state index is 13.6. The van der Waals surface area contributed by atoms with Crippen LogP contribution in [0, 0.1) is 5.82 Å². The van der Waals surface area contributed by atoms with Gasteiger partial charge >= 0.3 is 0 Å². The van der Waals surface area contributed by atoms with Crippen molar-refractivity contribution in [2.24, 2.45) is 0 Å². The van der Waals surface area contributed by atoms with Crippen molar-refractivity contribution in [2.45, 2.75) is 12.6 Å². The van der Waals surface area contributed by atoms with Gasteiger partial charge in [-0.1, -0.05) is 18.2 Å². The van der Waals surface area contributed by atoms with Gasteiger partial charge in [0, 0.05) is 35.0 Å². The van der Waals surface area contributed by atoms with Crippen molar-refractivity contribution in [1.29, 1.82) is 0 Å². The van der Waals surface area contributed by atoms with E-state index in [-0.39, 0.29) is 12.4 Å². The zero-order valence-corrected chi connectivity index (χ0v) is 13.3. The molecule has 22 heavy (non-hydrogen) atoms. The molecule has 0 aliphatic rings. The van der Waals surface area contributed by atoms with E-state index in [9.17, 15) is 9.50 Å². The second kappa shape index (κ2) is 7.11. The molecule has 0 saturated carbocycles. The lowest BCUT2D eigenvalue weighted by molar-refractivity contribution is 0.169. The zero-order valence-electron chi connectivity index (χ0n) is 11.7. The lowest BCUT2D eigenvalue weighted by Gasteiger charge is -2.12. The number of rotatable bonds is 6. The van der Waals surface area contributed by atoms with E-state index in [1.54, 1.807) is 40.9 Å². The first-order valence-electron chi connectivity index (χ1n) is 6.84. The Kier molecular flexibility index (Phi) is 4.94. The zero-order chi connectivity index (χ0) is 15.4. The number of thiophene rings is 1. The highest BCUT2D eigenvalue weighted by Gasteiger charge is 2.12. The third-order valence-electron chi connectivity index (χ3n) is 3.23. The van der Waals surface area contributed by atoms with Crippen LogP contribution in [0.1, 0.15) is 17.4 Å². The van der Waals surface area contributed by atoms with Crippen molar-refractivity contribution in [1.82, 2.24) is 10.3 Å². The van der Waals surface area contributed by atoms with Crippen molar-refractivity contribution in [3.05, 3.63) is 63.5 Å². The molecule has 1 atom stereocenters. The Balaban J connectivity index is 1.54. The van der Waals surface area contributed by atoms with Crippen LogP contribution in [-0.4, -0.2) is 16.6 Å². The average molecular weight is 334 g/mol. The lowest BCUT2D eigenvalue weighted by Crippen LogP contribution is -2.21. The van der Waals surface area contributed by atoms with Crippen LogP contribution >= 0.6 is 22.7 Å². The lowest BCUT2D eigenvalue weighted by atomic mass is 10.1. The predicted octanol–water partition coefficient (Wildman–Crippen LogP) is 3.83. The number of nitrogens with zero attached hydrogens (tertiary/aromatic N) is 1. The normalized spacial score (nSPS) is 12.5. The molecule has 0 amide bonds. The van der Waals surface area contributed by atoms with Gasteiger partial charge in [0.05, 0.1) is 11.8 Å². The smallest absolute Gasteiger partial charge is 0.129 e. The Bertz CT molecular complexity index is 727. The molecule has 0 bridgehead atoms. The molecule has 2 N–H and O–H groups in total. The molecule has 2 heterocycles. The molecule has 0 aliphatic carbocycles. The van der Waals surface area contributed by atoms with Crippen molar-refractivity contribution in [2.75, 3.05) is 6.54 Å². The number of thiazole rings is 1. The molecule has 2 aromatic heterocycles. The summed E-state index contributed by atoms with van der Waals surface area (Å²) in [6, 6.07) is 8.32. The highest BCUT2D eigenvalue weighted by atomic mass is 32.1. The SMILES string of the molecule is O[C@@H](CNCc1csc(-c2ccsc2)n1)c1ccccc1F. The molecular formula is C16H15FN2OS2. The molecule has 0 aliphatic heterocycles. The number of benzene rings is 1. The number of aliphatic hydroxyl groups excluding tert-OH is 1. The minimum absolute atomic E-state index is 0.284. The minimum atomic E-state index is -0.865. The monoisotopic (exact) mass is 334 g/mol.